The van der Waals surface area contributed by atoms with Crippen molar-refractivity contribution in [2.24, 2.45) is 5.92 Å². The highest BCUT2D eigenvalue weighted by molar-refractivity contribution is 9.10. The molecule has 1 unspecified atom stereocenters. The molecule has 66 valence electrons. The van der Waals surface area contributed by atoms with Crippen LogP contribution in [-0.2, 0) is 0 Å². The van der Waals surface area contributed by atoms with Gasteiger partial charge in [-0.3, -0.25) is 0 Å². The Bertz CT molecular complexity index is 111. The van der Waals surface area contributed by atoms with E-state index in [1.807, 2.05) is 6.08 Å². The quantitative estimate of drug-likeness (QED) is 0.481. The molecule has 0 saturated carbocycles. The topological polar surface area (TPSA) is 0 Å². The van der Waals surface area contributed by atoms with E-state index in [0.717, 1.165) is 0 Å². The van der Waals surface area contributed by atoms with Gasteiger partial charge in [0.1, 0.15) is 0 Å². The number of allylic oxidation sites excluding steroid dienone is 1. The lowest BCUT2D eigenvalue weighted by Crippen LogP contribution is -2.08. The summed E-state index contributed by atoms with van der Waals surface area (Å²) in [5.74, 6) is 0.671. The van der Waals surface area contributed by atoms with Crippen molar-refractivity contribution < 1.29 is 0 Å². The predicted molar refractivity (Wildman–Crippen MR) is 56.2 cm³/mol. The van der Waals surface area contributed by atoms with Crippen LogP contribution in [-0.4, -0.2) is 4.32 Å². The second kappa shape index (κ2) is 4.97. The summed E-state index contributed by atoms with van der Waals surface area (Å²) in [5.41, 5.74) is 0. The predicted octanol–water partition coefficient (Wildman–Crippen LogP) is 4.15. The third-order valence-corrected chi connectivity index (χ3v) is 2.23. The van der Waals surface area contributed by atoms with Crippen LogP contribution in [0.25, 0.3) is 0 Å². The fraction of sp³-hybridized carbons (Fsp3) is 0.800. The van der Waals surface area contributed by atoms with E-state index in [1.54, 1.807) is 0 Å². The van der Waals surface area contributed by atoms with E-state index in [2.05, 4.69) is 43.3 Å². The van der Waals surface area contributed by atoms with Gasteiger partial charge in [-0.2, -0.15) is 0 Å². The maximum absolute atomic E-state index is 3.76. The minimum Gasteiger partial charge on any atom is -0.103 e. The van der Waals surface area contributed by atoms with Gasteiger partial charge >= 0.3 is 0 Å². The number of hydrogen-bond acceptors (Lipinski definition) is 0. The lowest BCUT2D eigenvalue weighted by atomic mass is 10.00. The standard InChI is InChI=1S/C10H19Br/c1-5-9(2)7-6-8-10(3,4)11/h5,9H,1,6-8H2,2-4H3. The summed E-state index contributed by atoms with van der Waals surface area (Å²) in [7, 11) is 0. The van der Waals surface area contributed by atoms with Crippen LogP contribution >= 0.6 is 15.9 Å². The van der Waals surface area contributed by atoms with Gasteiger partial charge in [0.25, 0.3) is 0 Å². The molecule has 0 aromatic heterocycles. The molecule has 0 aliphatic carbocycles. The molecule has 0 fully saturated rings. The van der Waals surface area contributed by atoms with Crippen LogP contribution in [0, 0.1) is 5.92 Å². The second-order valence-electron chi connectivity index (χ2n) is 3.82. The number of rotatable bonds is 5. The first-order valence-electron chi connectivity index (χ1n) is 4.27. The molecule has 0 nitrogen and oxygen atoms in total. The Hall–Kier alpha value is 0.220. The molecule has 1 atom stereocenters. The van der Waals surface area contributed by atoms with E-state index in [1.165, 1.54) is 19.3 Å². The number of hydrogen-bond donors (Lipinski definition) is 0. The Morgan fingerprint density at radius 3 is 2.45 bits per heavy atom. The molecule has 0 radical (unpaired) electrons. The highest BCUT2D eigenvalue weighted by atomic mass is 79.9. The first-order valence-corrected chi connectivity index (χ1v) is 5.06. The molecule has 0 aliphatic heterocycles. The minimum absolute atomic E-state index is 0.313. The fourth-order valence-corrected chi connectivity index (χ4v) is 1.24. The average molecular weight is 219 g/mol. The van der Waals surface area contributed by atoms with Crippen molar-refractivity contribution in [3.63, 3.8) is 0 Å². The van der Waals surface area contributed by atoms with Gasteiger partial charge in [0.15, 0.2) is 0 Å². The molecule has 0 aromatic carbocycles. The van der Waals surface area contributed by atoms with E-state index >= 15 is 0 Å². The summed E-state index contributed by atoms with van der Waals surface area (Å²) in [5, 5.41) is 0. The monoisotopic (exact) mass is 218 g/mol. The van der Waals surface area contributed by atoms with Gasteiger partial charge in [-0.05, 0) is 18.8 Å². The van der Waals surface area contributed by atoms with Crippen LogP contribution in [0.15, 0.2) is 12.7 Å². The Labute approximate surface area is 79.2 Å². The van der Waals surface area contributed by atoms with Crippen LogP contribution in [0.4, 0.5) is 0 Å². The van der Waals surface area contributed by atoms with Gasteiger partial charge in [-0.1, -0.05) is 49.2 Å². The van der Waals surface area contributed by atoms with E-state index in [-0.39, 0.29) is 0 Å². The minimum atomic E-state index is 0.313. The third-order valence-electron chi connectivity index (χ3n) is 1.83. The molecule has 1 heteroatoms. The maximum Gasteiger partial charge on any atom is 0.0201 e. The fourth-order valence-electron chi connectivity index (χ4n) is 0.962. The number of halogens is 1. The van der Waals surface area contributed by atoms with Crippen molar-refractivity contribution in [3.05, 3.63) is 12.7 Å². The molecule has 0 aromatic rings. The average Bonchev–Trinajstić information content (AvgIpc) is 1.85. The van der Waals surface area contributed by atoms with Gasteiger partial charge < -0.3 is 0 Å². The lowest BCUT2D eigenvalue weighted by Gasteiger charge is -2.16. The largest absolute Gasteiger partial charge is 0.103 e. The van der Waals surface area contributed by atoms with Gasteiger partial charge in [0.05, 0.1) is 0 Å². The van der Waals surface area contributed by atoms with Crippen LogP contribution < -0.4 is 0 Å². The van der Waals surface area contributed by atoms with Crippen molar-refractivity contribution in [2.45, 2.75) is 44.4 Å². The molecule has 0 spiro atoms. The summed E-state index contributed by atoms with van der Waals surface area (Å²) in [6, 6.07) is 0. The summed E-state index contributed by atoms with van der Waals surface area (Å²) in [6.45, 7) is 10.4. The SMILES string of the molecule is C=CC(C)CCCC(C)(C)Br. The van der Waals surface area contributed by atoms with Gasteiger partial charge in [-0.25, -0.2) is 0 Å². The Kier molecular flexibility index (Phi) is 5.07. The van der Waals surface area contributed by atoms with Gasteiger partial charge in [0.2, 0.25) is 0 Å². The zero-order valence-electron chi connectivity index (χ0n) is 7.86. The van der Waals surface area contributed by atoms with E-state index < -0.39 is 0 Å². The molecular formula is C10H19Br. The van der Waals surface area contributed by atoms with Crippen molar-refractivity contribution in [2.75, 3.05) is 0 Å². The van der Waals surface area contributed by atoms with Crippen molar-refractivity contribution in [1.29, 1.82) is 0 Å². The Balaban J connectivity index is 3.35. The normalized spacial score (nSPS) is 14.5. The van der Waals surface area contributed by atoms with Crippen molar-refractivity contribution in [3.8, 4) is 0 Å². The Morgan fingerprint density at radius 2 is 2.09 bits per heavy atom. The summed E-state index contributed by atoms with van der Waals surface area (Å²) in [6.07, 6.45) is 5.82. The van der Waals surface area contributed by atoms with Crippen LogP contribution in [0.5, 0.6) is 0 Å². The first-order chi connectivity index (χ1) is 4.95. The molecule has 0 rings (SSSR count). The second-order valence-corrected chi connectivity index (χ2v) is 5.97. The van der Waals surface area contributed by atoms with Crippen LogP contribution in [0.2, 0.25) is 0 Å². The van der Waals surface area contributed by atoms with E-state index in [9.17, 15) is 0 Å². The summed E-state index contributed by atoms with van der Waals surface area (Å²) in [4.78, 5) is 0. The van der Waals surface area contributed by atoms with Crippen LogP contribution in [0.3, 0.4) is 0 Å². The summed E-state index contributed by atoms with van der Waals surface area (Å²) >= 11 is 3.62. The molecule has 0 aliphatic rings. The molecule has 11 heavy (non-hydrogen) atoms. The zero-order chi connectivity index (χ0) is 8.91. The smallest absolute Gasteiger partial charge is 0.0201 e. The molecular weight excluding hydrogens is 200 g/mol. The lowest BCUT2D eigenvalue weighted by molar-refractivity contribution is 0.535. The van der Waals surface area contributed by atoms with Gasteiger partial charge in [-0.15, -0.1) is 6.58 Å². The molecule has 0 amide bonds. The van der Waals surface area contributed by atoms with Crippen molar-refractivity contribution in [1.82, 2.24) is 0 Å². The zero-order valence-corrected chi connectivity index (χ0v) is 9.45. The molecule has 0 saturated heterocycles. The van der Waals surface area contributed by atoms with Crippen LogP contribution in [0.1, 0.15) is 40.0 Å². The number of alkyl halides is 1. The molecule has 0 N–H and O–H groups in total. The first kappa shape index (κ1) is 11.2. The highest BCUT2D eigenvalue weighted by Crippen LogP contribution is 2.24. The molecule has 0 heterocycles. The van der Waals surface area contributed by atoms with Gasteiger partial charge in [0, 0.05) is 4.32 Å². The Morgan fingerprint density at radius 1 is 1.55 bits per heavy atom. The highest BCUT2D eigenvalue weighted by Gasteiger charge is 2.11. The van der Waals surface area contributed by atoms with E-state index in [0.29, 0.717) is 10.2 Å². The summed E-state index contributed by atoms with van der Waals surface area (Å²) < 4.78 is 0.313. The van der Waals surface area contributed by atoms with Crippen molar-refractivity contribution >= 4 is 15.9 Å². The third kappa shape index (κ3) is 8.12. The van der Waals surface area contributed by atoms with E-state index in [4.69, 9.17) is 0 Å². The molecule has 0 bridgehead atoms. The maximum atomic E-state index is 3.76.